The number of amides is 1. The minimum absolute atomic E-state index is 0.220. The van der Waals surface area contributed by atoms with Crippen LogP contribution in [-0.2, 0) is 9.53 Å². The van der Waals surface area contributed by atoms with Gasteiger partial charge < -0.3 is 14.8 Å². The lowest BCUT2D eigenvalue weighted by atomic mass is 9.93. The monoisotopic (exact) mass is 332 g/mol. The van der Waals surface area contributed by atoms with E-state index in [1.54, 1.807) is 25.1 Å². The summed E-state index contributed by atoms with van der Waals surface area (Å²) < 4.78 is 11.0. The third-order valence-corrected chi connectivity index (χ3v) is 3.84. The summed E-state index contributed by atoms with van der Waals surface area (Å²) >= 11 is 0. The van der Waals surface area contributed by atoms with Crippen molar-refractivity contribution in [2.24, 2.45) is 5.92 Å². The van der Waals surface area contributed by atoms with Crippen LogP contribution in [0.4, 0.5) is 5.69 Å². The molecular weight excluding hydrogens is 304 g/mol. The van der Waals surface area contributed by atoms with E-state index >= 15 is 0 Å². The summed E-state index contributed by atoms with van der Waals surface area (Å²) in [6.07, 6.45) is 2.57. The summed E-state index contributed by atoms with van der Waals surface area (Å²) in [6, 6.07) is 7.20. The first-order valence-corrected chi connectivity index (χ1v) is 8.39. The molecule has 24 heavy (non-hydrogen) atoms. The molecule has 1 N–H and O–H groups in total. The van der Waals surface area contributed by atoms with Gasteiger partial charge in [0.2, 0.25) is 0 Å². The molecule has 0 aliphatic heterocycles. The molecule has 0 radical (unpaired) electrons. The Kier molecular flexibility index (Phi) is 7.73. The second-order valence-electron chi connectivity index (χ2n) is 6.51. The van der Waals surface area contributed by atoms with Crippen LogP contribution in [0.2, 0.25) is 0 Å². The number of methoxy groups -OCH3 is 1. The summed E-state index contributed by atoms with van der Waals surface area (Å²) in [5.74, 6) is 0.646. The second kappa shape index (κ2) is 9.29. The maximum atomic E-state index is 12.5. The van der Waals surface area contributed by atoms with Gasteiger partial charge in [-0.15, -0.1) is 0 Å². The lowest BCUT2D eigenvalue weighted by molar-refractivity contribution is -0.137. The molecule has 0 aliphatic rings. The van der Waals surface area contributed by atoms with Gasteiger partial charge in [-0.2, -0.15) is 5.26 Å². The highest BCUT2D eigenvalue weighted by atomic mass is 16.5. The van der Waals surface area contributed by atoms with Crippen LogP contribution < -0.4 is 10.1 Å². The Morgan fingerprint density at radius 3 is 2.67 bits per heavy atom. The number of benzene rings is 1. The number of nitriles is 1. The van der Waals surface area contributed by atoms with Gasteiger partial charge in [-0.25, -0.2) is 0 Å². The molecule has 1 amide bonds. The van der Waals surface area contributed by atoms with Crippen molar-refractivity contribution in [3.63, 3.8) is 0 Å². The van der Waals surface area contributed by atoms with E-state index in [0.717, 1.165) is 12.8 Å². The number of nitrogens with zero attached hydrogens (tertiary/aromatic N) is 1. The van der Waals surface area contributed by atoms with Gasteiger partial charge >= 0.3 is 0 Å². The average molecular weight is 332 g/mol. The summed E-state index contributed by atoms with van der Waals surface area (Å²) in [6.45, 7) is 8.52. The van der Waals surface area contributed by atoms with Gasteiger partial charge in [0.15, 0.2) is 0 Å². The predicted molar refractivity (Wildman–Crippen MR) is 95.1 cm³/mol. The molecule has 5 nitrogen and oxygen atoms in total. The number of ether oxygens (including phenoxy) is 2. The molecule has 0 spiro atoms. The van der Waals surface area contributed by atoms with E-state index in [2.05, 4.69) is 18.3 Å². The maximum absolute atomic E-state index is 12.5. The zero-order chi connectivity index (χ0) is 18.2. The summed E-state index contributed by atoms with van der Waals surface area (Å²) in [4.78, 5) is 12.5. The Morgan fingerprint density at radius 1 is 1.42 bits per heavy atom. The first-order chi connectivity index (χ1) is 11.4. The molecule has 0 bridgehead atoms. The average Bonchev–Trinajstić information content (AvgIpc) is 2.55. The van der Waals surface area contributed by atoms with Crippen LogP contribution in [0.1, 0.15) is 52.5 Å². The molecule has 0 saturated heterocycles. The molecule has 1 atom stereocenters. The molecule has 0 unspecified atom stereocenters. The molecule has 1 aromatic rings. The van der Waals surface area contributed by atoms with Crippen LogP contribution in [0.5, 0.6) is 5.75 Å². The van der Waals surface area contributed by atoms with Crippen molar-refractivity contribution < 1.29 is 14.3 Å². The number of carbonyl (C=O) groups is 1. The van der Waals surface area contributed by atoms with Crippen molar-refractivity contribution in [2.45, 2.75) is 52.6 Å². The molecule has 0 heterocycles. The third kappa shape index (κ3) is 5.54. The van der Waals surface area contributed by atoms with Gasteiger partial charge in [0.25, 0.3) is 5.91 Å². The van der Waals surface area contributed by atoms with Crippen LogP contribution >= 0.6 is 0 Å². The minimum atomic E-state index is -0.905. The fraction of sp³-hybridized carbons (Fsp3) is 0.579. The Balaban J connectivity index is 2.88. The van der Waals surface area contributed by atoms with Crippen LogP contribution in [0.25, 0.3) is 0 Å². The number of carbonyl (C=O) groups excluding carboxylic acids is 1. The zero-order valence-electron chi connectivity index (χ0n) is 15.3. The molecule has 5 heteroatoms. The van der Waals surface area contributed by atoms with Crippen molar-refractivity contribution in [3.05, 3.63) is 23.8 Å². The third-order valence-electron chi connectivity index (χ3n) is 3.84. The molecule has 0 aliphatic carbocycles. The molecule has 0 aromatic heterocycles. The number of unbranched alkanes of at least 4 members (excludes halogenated alkanes) is 1. The number of hydrogen-bond acceptors (Lipinski definition) is 4. The smallest absolute Gasteiger partial charge is 0.256 e. The summed E-state index contributed by atoms with van der Waals surface area (Å²) in [7, 11) is 1.54. The lowest BCUT2D eigenvalue weighted by Crippen LogP contribution is -2.43. The molecule has 132 valence electrons. The topological polar surface area (TPSA) is 71.3 Å². The Labute approximate surface area is 145 Å². The molecule has 1 rings (SSSR count). The minimum Gasteiger partial charge on any atom is -0.492 e. The van der Waals surface area contributed by atoms with E-state index in [4.69, 9.17) is 9.47 Å². The van der Waals surface area contributed by atoms with E-state index in [1.165, 1.54) is 7.11 Å². The molecule has 1 aromatic carbocycles. The number of anilines is 1. The standard InChI is InChI=1S/C19H28N2O3/c1-6-7-10-24-17-9-8-16(11-15(17)13-20)21-18(22)19(4,23-5)12-14(2)3/h8-9,11,14H,6-7,10,12H2,1-5H3,(H,21,22)/t19-/m1/s1. The molecule has 0 fully saturated rings. The van der Waals surface area contributed by atoms with Gasteiger partial charge in [0.1, 0.15) is 17.4 Å². The van der Waals surface area contributed by atoms with Gasteiger partial charge in [-0.3, -0.25) is 4.79 Å². The van der Waals surface area contributed by atoms with Crippen LogP contribution in [-0.4, -0.2) is 25.2 Å². The summed E-state index contributed by atoms with van der Waals surface area (Å²) in [5.41, 5.74) is 0.0652. The van der Waals surface area contributed by atoms with E-state index in [-0.39, 0.29) is 5.91 Å². The Morgan fingerprint density at radius 2 is 2.12 bits per heavy atom. The van der Waals surface area contributed by atoms with Crippen LogP contribution in [0.3, 0.4) is 0 Å². The first kappa shape index (κ1) is 20.0. The number of hydrogen-bond donors (Lipinski definition) is 1. The van der Waals surface area contributed by atoms with Crippen molar-refractivity contribution >= 4 is 11.6 Å². The van der Waals surface area contributed by atoms with Crippen molar-refractivity contribution in [2.75, 3.05) is 19.0 Å². The zero-order valence-corrected chi connectivity index (χ0v) is 15.3. The van der Waals surface area contributed by atoms with E-state index in [0.29, 0.717) is 35.9 Å². The van der Waals surface area contributed by atoms with Crippen molar-refractivity contribution in [1.29, 1.82) is 5.26 Å². The Hall–Kier alpha value is -2.06. The lowest BCUT2D eigenvalue weighted by Gasteiger charge is -2.28. The van der Waals surface area contributed by atoms with Crippen LogP contribution in [0.15, 0.2) is 18.2 Å². The summed E-state index contributed by atoms with van der Waals surface area (Å²) in [5, 5.41) is 12.1. The highest BCUT2D eigenvalue weighted by Crippen LogP contribution is 2.26. The van der Waals surface area contributed by atoms with Gasteiger partial charge in [0, 0.05) is 12.8 Å². The number of nitrogens with one attached hydrogen (secondary N) is 1. The number of rotatable bonds is 9. The van der Waals surface area contributed by atoms with Gasteiger partial charge in [-0.05, 0) is 43.9 Å². The second-order valence-corrected chi connectivity index (χ2v) is 6.51. The van der Waals surface area contributed by atoms with Gasteiger partial charge in [-0.1, -0.05) is 27.2 Å². The van der Waals surface area contributed by atoms with Crippen LogP contribution in [0, 0.1) is 17.2 Å². The largest absolute Gasteiger partial charge is 0.492 e. The highest BCUT2D eigenvalue weighted by Gasteiger charge is 2.34. The van der Waals surface area contributed by atoms with Crippen molar-refractivity contribution in [1.82, 2.24) is 0 Å². The van der Waals surface area contributed by atoms with E-state index in [9.17, 15) is 10.1 Å². The van der Waals surface area contributed by atoms with E-state index < -0.39 is 5.60 Å². The normalized spacial score (nSPS) is 13.2. The van der Waals surface area contributed by atoms with Gasteiger partial charge in [0.05, 0.1) is 12.2 Å². The maximum Gasteiger partial charge on any atom is 0.256 e. The fourth-order valence-corrected chi connectivity index (χ4v) is 2.46. The molecular formula is C19H28N2O3. The SMILES string of the molecule is CCCCOc1ccc(NC(=O)[C@@](C)(CC(C)C)OC)cc1C#N. The molecule has 0 saturated carbocycles. The predicted octanol–water partition coefficient (Wildman–Crippen LogP) is 4.13. The van der Waals surface area contributed by atoms with E-state index in [1.807, 2.05) is 13.8 Å². The van der Waals surface area contributed by atoms with Crippen molar-refractivity contribution in [3.8, 4) is 11.8 Å². The highest BCUT2D eigenvalue weighted by molar-refractivity contribution is 5.97. The Bertz CT molecular complexity index is 593. The quantitative estimate of drug-likeness (QED) is 0.690. The first-order valence-electron chi connectivity index (χ1n) is 8.39. The fourth-order valence-electron chi connectivity index (χ4n) is 2.46.